The van der Waals surface area contributed by atoms with Gasteiger partial charge in [-0.2, -0.15) is 5.26 Å². The van der Waals surface area contributed by atoms with Crippen molar-refractivity contribution < 1.29 is 9.59 Å². The van der Waals surface area contributed by atoms with E-state index in [9.17, 15) is 9.59 Å². The highest BCUT2D eigenvalue weighted by atomic mass is 16.2. The first-order valence-electron chi connectivity index (χ1n) is 6.22. The lowest BCUT2D eigenvalue weighted by Crippen LogP contribution is -2.37. The lowest BCUT2D eigenvalue weighted by molar-refractivity contribution is -0.130. The van der Waals surface area contributed by atoms with Gasteiger partial charge in [0.25, 0.3) is 5.91 Å². The molecule has 19 heavy (non-hydrogen) atoms. The van der Waals surface area contributed by atoms with Gasteiger partial charge < -0.3 is 10.6 Å². The summed E-state index contributed by atoms with van der Waals surface area (Å²) in [5.74, 6) is -2.48. The van der Waals surface area contributed by atoms with Crippen LogP contribution in [0.15, 0.2) is 30.3 Å². The van der Waals surface area contributed by atoms with E-state index in [1.54, 1.807) is 30.3 Å². The molecule has 100 valence electrons. The Kier molecular flexibility index (Phi) is 6.10. The average Bonchev–Trinajstić information content (AvgIpc) is 2.41. The van der Waals surface area contributed by atoms with Crippen LogP contribution in [0.25, 0.3) is 0 Å². The van der Waals surface area contributed by atoms with Crippen molar-refractivity contribution in [1.29, 1.82) is 5.26 Å². The number of hydrogen-bond donors (Lipinski definition) is 2. The van der Waals surface area contributed by atoms with Crippen LogP contribution in [-0.4, -0.2) is 18.4 Å². The minimum Gasteiger partial charge on any atom is -0.355 e. The van der Waals surface area contributed by atoms with Crippen LogP contribution in [0.3, 0.4) is 0 Å². The molecule has 5 nitrogen and oxygen atoms in total. The molecule has 0 aromatic heterocycles. The highest BCUT2D eigenvalue weighted by molar-refractivity contribution is 6.08. The van der Waals surface area contributed by atoms with Crippen LogP contribution < -0.4 is 10.6 Å². The molecule has 0 heterocycles. The molecule has 1 aromatic rings. The summed E-state index contributed by atoms with van der Waals surface area (Å²) >= 11 is 0. The minimum atomic E-state index is -1.32. The van der Waals surface area contributed by atoms with Crippen molar-refractivity contribution in [3.63, 3.8) is 0 Å². The van der Waals surface area contributed by atoms with Gasteiger partial charge in [0.1, 0.15) is 0 Å². The maximum Gasteiger partial charge on any atom is 0.251 e. The Morgan fingerprint density at radius 3 is 2.53 bits per heavy atom. The van der Waals surface area contributed by atoms with Crippen molar-refractivity contribution >= 4 is 17.5 Å². The largest absolute Gasteiger partial charge is 0.355 e. The number of rotatable bonds is 6. The van der Waals surface area contributed by atoms with Crippen LogP contribution in [0.5, 0.6) is 0 Å². The van der Waals surface area contributed by atoms with E-state index in [0.29, 0.717) is 12.2 Å². The highest BCUT2D eigenvalue weighted by Crippen LogP contribution is 2.07. The van der Waals surface area contributed by atoms with Crippen molar-refractivity contribution in [2.75, 3.05) is 11.9 Å². The summed E-state index contributed by atoms with van der Waals surface area (Å²) in [5.41, 5.74) is 0.564. The second-order valence-corrected chi connectivity index (χ2v) is 4.06. The van der Waals surface area contributed by atoms with Gasteiger partial charge in [0.15, 0.2) is 0 Å². The maximum absolute atomic E-state index is 11.8. The Labute approximate surface area is 112 Å². The van der Waals surface area contributed by atoms with Crippen LogP contribution in [0.2, 0.25) is 0 Å². The first-order chi connectivity index (χ1) is 9.19. The van der Waals surface area contributed by atoms with Gasteiger partial charge in [-0.3, -0.25) is 9.59 Å². The second-order valence-electron chi connectivity index (χ2n) is 4.06. The van der Waals surface area contributed by atoms with Crippen molar-refractivity contribution in [3.8, 4) is 6.07 Å². The molecule has 0 fully saturated rings. The summed E-state index contributed by atoms with van der Waals surface area (Å²) in [4.78, 5) is 23.5. The number of nitrogens with zero attached hydrogens (tertiary/aromatic N) is 1. The van der Waals surface area contributed by atoms with Gasteiger partial charge in [0, 0.05) is 12.2 Å². The van der Waals surface area contributed by atoms with Gasteiger partial charge in [-0.05, 0) is 18.6 Å². The number of benzene rings is 1. The normalized spacial score (nSPS) is 11.2. The number of para-hydroxylation sites is 1. The third kappa shape index (κ3) is 4.80. The average molecular weight is 259 g/mol. The molecular formula is C14H17N3O2. The fourth-order valence-electron chi connectivity index (χ4n) is 1.46. The SMILES string of the molecule is CCCCNC(=O)[C@@H](C#N)C(=O)Nc1ccccc1. The van der Waals surface area contributed by atoms with Gasteiger partial charge >= 0.3 is 0 Å². The lowest BCUT2D eigenvalue weighted by atomic mass is 10.1. The van der Waals surface area contributed by atoms with Crippen molar-refractivity contribution in [3.05, 3.63) is 30.3 Å². The Bertz CT molecular complexity index is 465. The molecule has 5 heteroatoms. The van der Waals surface area contributed by atoms with Crippen LogP contribution >= 0.6 is 0 Å². The van der Waals surface area contributed by atoms with E-state index in [1.807, 2.05) is 13.0 Å². The number of unbranched alkanes of at least 4 members (excludes halogenated alkanes) is 1. The summed E-state index contributed by atoms with van der Waals surface area (Å²) in [7, 11) is 0. The molecule has 0 spiro atoms. The second kappa shape index (κ2) is 7.88. The zero-order chi connectivity index (χ0) is 14.1. The summed E-state index contributed by atoms with van der Waals surface area (Å²) in [6.45, 7) is 2.47. The zero-order valence-electron chi connectivity index (χ0n) is 10.8. The molecule has 1 rings (SSSR count). The van der Waals surface area contributed by atoms with E-state index < -0.39 is 17.7 Å². The van der Waals surface area contributed by atoms with Crippen LogP contribution in [0.1, 0.15) is 19.8 Å². The Hall–Kier alpha value is -2.35. The Morgan fingerprint density at radius 1 is 1.26 bits per heavy atom. The lowest BCUT2D eigenvalue weighted by Gasteiger charge is -2.10. The number of carbonyl (C=O) groups is 2. The van der Waals surface area contributed by atoms with E-state index in [-0.39, 0.29) is 0 Å². The Balaban J connectivity index is 2.57. The molecule has 1 atom stereocenters. The van der Waals surface area contributed by atoms with Crippen LogP contribution in [0, 0.1) is 17.2 Å². The van der Waals surface area contributed by atoms with Gasteiger partial charge in [0.05, 0.1) is 6.07 Å². The number of hydrogen-bond acceptors (Lipinski definition) is 3. The summed E-state index contributed by atoms with van der Waals surface area (Å²) in [6.07, 6.45) is 1.76. The number of carbonyl (C=O) groups excluding carboxylic acids is 2. The van der Waals surface area contributed by atoms with Crippen molar-refractivity contribution in [1.82, 2.24) is 5.32 Å². The van der Waals surface area contributed by atoms with Gasteiger partial charge in [-0.1, -0.05) is 31.5 Å². The molecule has 0 aliphatic carbocycles. The third-order valence-electron chi connectivity index (χ3n) is 2.52. The van der Waals surface area contributed by atoms with Crippen molar-refractivity contribution in [2.24, 2.45) is 5.92 Å². The van der Waals surface area contributed by atoms with Gasteiger partial charge in [0.2, 0.25) is 11.8 Å². The topological polar surface area (TPSA) is 82.0 Å². The number of anilines is 1. The fraction of sp³-hybridized carbons (Fsp3) is 0.357. The minimum absolute atomic E-state index is 0.478. The smallest absolute Gasteiger partial charge is 0.251 e. The predicted octanol–water partition coefficient (Wildman–Crippen LogP) is 1.68. The highest BCUT2D eigenvalue weighted by Gasteiger charge is 2.26. The Morgan fingerprint density at radius 2 is 1.95 bits per heavy atom. The molecule has 2 N–H and O–H groups in total. The molecule has 0 radical (unpaired) electrons. The molecule has 0 saturated heterocycles. The maximum atomic E-state index is 11.8. The van der Waals surface area contributed by atoms with Crippen LogP contribution in [-0.2, 0) is 9.59 Å². The molecule has 1 aromatic carbocycles. The quantitative estimate of drug-likeness (QED) is 0.602. The summed E-state index contributed by atoms with van der Waals surface area (Å²) in [6, 6.07) is 10.5. The van der Waals surface area contributed by atoms with E-state index in [2.05, 4.69) is 10.6 Å². The molecule has 0 aliphatic heterocycles. The standard InChI is InChI=1S/C14H17N3O2/c1-2-3-9-16-13(18)12(10-15)14(19)17-11-7-5-4-6-8-11/h4-8,12H,2-3,9H2,1H3,(H,16,18)(H,17,19)/t12-/m1/s1. The number of nitrogens with one attached hydrogen (secondary N) is 2. The fourth-order valence-corrected chi connectivity index (χ4v) is 1.46. The third-order valence-corrected chi connectivity index (χ3v) is 2.52. The number of nitriles is 1. The molecule has 0 unspecified atom stereocenters. The molecule has 0 aliphatic rings. The van der Waals surface area contributed by atoms with Gasteiger partial charge in [-0.25, -0.2) is 0 Å². The molecule has 0 saturated carbocycles. The van der Waals surface area contributed by atoms with Crippen LogP contribution in [0.4, 0.5) is 5.69 Å². The zero-order valence-corrected chi connectivity index (χ0v) is 10.8. The summed E-state index contributed by atoms with van der Waals surface area (Å²) in [5, 5.41) is 14.1. The van der Waals surface area contributed by atoms with Crippen molar-refractivity contribution in [2.45, 2.75) is 19.8 Å². The summed E-state index contributed by atoms with van der Waals surface area (Å²) < 4.78 is 0. The van der Waals surface area contributed by atoms with E-state index in [0.717, 1.165) is 12.8 Å². The van der Waals surface area contributed by atoms with E-state index in [1.165, 1.54) is 0 Å². The molecular weight excluding hydrogens is 242 g/mol. The molecule has 2 amide bonds. The van der Waals surface area contributed by atoms with E-state index in [4.69, 9.17) is 5.26 Å². The predicted molar refractivity (Wildman–Crippen MR) is 72.1 cm³/mol. The first kappa shape index (κ1) is 14.7. The van der Waals surface area contributed by atoms with Gasteiger partial charge in [-0.15, -0.1) is 0 Å². The first-order valence-corrected chi connectivity index (χ1v) is 6.22. The number of amides is 2. The van der Waals surface area contributed by atoms with E-state index >= 15 is 0 Å². The molecule has 0 bridgehead atoms. The monoisotopic (exact) mass is 259 g/mol.